The number of amides is 2. The Hall–Kier alpha value is -2.82. The van der Waals surface area contributed by atoms with E-state index in [1.807, 2.05) is 42.5 Å². The van der Waals surface area contributed by atoms with Crippen molar-refractivity contribution in [3.8, 4) is 0 Å². The van der Waals surface area contributed by atoms with Gasteiger partial charge in [0.15, 0.2) is 0 Å². The average Bonchev–Trinajstić information content (AvgIpc) is 2.53. The molecule has 2 rings (SSSR count). The van der Waals surface area contributed by atoms with Crippen LogP contribution >= 0.6 is 0 Å². The molecule has 5 heteroatoms. The number of likely N-dealkylation sites (N-methyl/N-ethyl adjacent to an activating group) is 1. The van der Waals surface area contributed by atoms with E-state index in [2.05, 4.69) is 10.6 Å². The molecule has 114 valence electrons. The van der Waals surface area contributed by atoms with E-state index in [4.69, 9.17) is 0 Å². The highest BCUT2D eigenvalue weighted by molar-refractivity contribution is 5.95. The van der Waals surface area contributed by atoms with Gasteiger partial charge in [-0.1, -0.05) is 18.2 Å². The van der Waals surface area contributed by atoms with E-state index >= 15 is 0 Å². The van der Waals surface area contributed by atoms with Crippen molar-refractivity contribution >= 4 is 28.9 Å². The van der Waals surface area contributed by atoms with Gasteiger partial charge < -0.3 is 15.5 Å². The molecule has 2 N–H and O–H groups in total. The van der Waals surface area contributed by atoms with E-state index in [1.165, 1.54) is 6.92 Å². The number of carbonyl (C=O) groups excluding carboxylic acids is 2. The lowest BCUT2D eigenvalue weighted by Gasteiger charge is -2.18. The Balaban J connectivity index is 1.89. The summed E-state index contributed by atoms with van der Waals surface area (Å²) in [6.07, 6.45) is 0. The van der Waals surface area contributed by atoms with Gasteiger partial charge in [0.2, 0.25) is 11.8 Å². The Morgan fingerprint density at radius 2 is 1.55 bits per heavy atom. The molecule has 0 fully saturated rings. The lowest BCUT2D eigenvalue weighted by Crippen LogP contribution is -2.32. The van der Waals surface area contributed by atoms with Crippen molar-refractivity contribution in [2.75, 3.05) is 29.1 Å². The highest BCUT2D eigenvalue weighted by Gasteiger charge is 2.09. The summed E-state index contributed by atoms with van der Waals surface area (Å²) >= 11 is 0. The van der Waals surface area contributed by atoms with Gasteiger partial charge in [0, 0.05) is 31.0 Å². The Morgan fingerprint density at radius 1 is 0.955 bits per heavy atom. The van der Waals surface area contributed by atoms with E-state index in [1.54, 1.807) is 24.1 Å². The standard InChI is InChI=1S/C17H19N3O2/c1-13(21)19-15-10-8-14(9-11-15)18-12-17(22)20(2)16-6-4-3-5-7-16/h3-11,18H,12H2,1-2H3,(H,19,21). The van der Waals surface area contributed by atoms with Gasteiger partial charge in [-0.05, 0) is 36.4 Å². The van der Waals surface area contributed by atoms with E-state index in [0.29, 0.717) is 0 Å². The first-order valence-corrected chi connectivity index (χ1v) is 6.99. The van der Waals surface area contributed by atoms with Gasteiger partial charge in [-0.3, -0.25) is 9.59 Å². The van der Waals surface area contributed by atoms with Crippen molar-refractivity contribution in [1.82, 2.24) is 0 Å². The SMILES string of the molecule is CC(=O)Nc1ccc(NCC(=O)N(C)c2ccccc2)cc1. The van der Waals surface area contributed by atoms with E-state index in [9.17, 15) is 9.59 Å². The van der Waals surface area contributed by atoms with Crippen LogP contribution in [-0.4, -0.2) is 25.4 Å². The molecule has 2 amide bonds. The Kier molecular flexibility index (Phi) is 5.14. The minimum atomic E-state index is -0.111. The molecular weight excluding hydrogens is 278 g/mol. The van der Waals surface area contributed by atoms with Crippen LogP contribution in [0.15, 0.2) is 54.6 Å². The molecule has 2 aromatic rings. The summed E-state index contributed by atoms with van der Waals surface area (Å²) in [6.45, 7) is 1.66. The summed E-state index contributed by atoms with van der Waals surface area (Å²) in [4.78, 5) is 24.7. The van der Waals surface area contributed by atoms with Gasteiger partial charge in [-0.25, -0.2) is 0 Å². The topological polar surface area (TPSA) is 61.4 Å². The number of nitrogens with zero attached hydrogens (tertiary/aromatic N) is 1. The minimum Gasteiger partial charge on any atom is -0.376 e. The number of para-hydroxylation sites is 1. The molecule has 0 spiro atoms. The van der Waals surface area contributed by atoms with Gasteiger partial charge in [0.25, 0.3) is 0 Å². The third-order valence-corrected chi connectivity index (χ3v) is 3.17. The van der Waals surface area contributed by atoms with Crippen LogP contribution in [0.25, 0.3) is 0 Å². The Bertz CT molecular complexity index is 639. The maximum absolute atomic E-state index is 12.1. The highest BCUT2D eigenvalue weighted by Crippen LogP contribution is 2.14. The third-order valence-electron chi connectivity index (χ3n) is 3.17. The van der Waals surface area contributed by atoms with Crippen LogP contribution in [0.2, 0.25) is 0 Å². The first-order valence-electron chi connectivity index (χ1n) is 6.99. The fourth-order valence-corrected chi connectivity index (χ4v) is 1.97. The summed E-state index contributed by atoms with van der Waals surface area (Å²) in [7, 11) is 1.75. The van der Waals surface area contributed by atoms with Crippen molar-refractivity contribution in [2.45, 2.75) is 6.92 Å². The summed E-state index contributed by atoms with van der Waals surface area (Å²) in [5, 5.41) is 5.77. The second-order valence-corrected chi connectivity index (χ2v) is 4.90. The molecule has 5 nitrogen and oxygen atoms in total. The predicted octanol–water partition coefficient (Wildman–Crippen LogP) is 2.72. The van der Waals surface area contributed by atoms with Crippen molar-refractivity contribution < 1.29 is 9.59 Å². The molecule has 22 heavy (non-hydrogen) atoms. The first-order chi connectivity index (χ1) is 10.6. The molecule has 0 atom stereocenters. The van der Waals surface area contributed by atoms with Gasteiger partial charge in [-0.2, -0.15) is 0 Å². The number of benzene rings is 2. The second-order valence-electron chi connectivity index (χ2n) is 4.90. The normalized spacial score (nSPS) is 9.91. The highest BCUT2D eigenvalue weighted by atomic mass is 16.2. The number of anilines is 3. The number of hydrogen-bond acceptors (Lipinski definition) is 3. The summed E-state index contributed by atoms with van der Waals surface area (Å²) < 4.78 is 0. The number of rotatable bonds is 5. The Labute approximate surface area is 129 Å². The smallest absolute Gasteiger partial charge is 0.246 e. The lowest BCUT2D eigenvalue weighted by atomic mass is 10.2. The monoisotopic (exact) mass is 297 g/mol. The quantitative estimate of drug-likeness (QED) is 0.892. The fraction of sp³-hybridized carbons (Fsp3) is 0.176. The van der Waals surface area contributed by atoms with E-state index < -0.39 is 0 Å². The fourth-order valence-electron chi connectivity index (χ4n) is 1.97. The molecule has 0 aliphatic heterocycles. The van der Waals surface area contributed by atoms with Crippen LogP contribution in [-0.2, 0) is 9.59 Å². The van der Waals surface area contributed by atoms with Crippen molar-refractivity contribution in [3.05, 3.63) is 54.6 Å². The molecule has 0 saturated heterocycles. The number of carbonyl (C=O) groups is 2. The second kappa shape index (κ2) is 7.26. The van der Waals surface area contributed by atoms with Crippen LogP contribution in [0.1, 0.15) is 6.92 Å². The molecule has 0 aromatic heterocycles. The van der Waals surface area contributed by atoms with E-state index in [0.717, 1.165) is 17.1 Å². The zero-order valence-electron chi connectivity index (χ0n) is 12.7. The number of nitrogens with one attached hydrogen (secondary N) is 2. The molecule has 0 unspecified atom stereocenters. The van der Waals surface area contributed by atoms with Gasteiger partial charge in [0.05, 0.1) is 6.54 Å². The maximum atomic E-state index is 12.1. The van der Waals surface area contributed by atoms with Crippen LogP contribution in [0, 0.1) is 0 Å². The van der Waals surface area contributed by atoms with Crippen LogP contribution in [0.3, 0.4) is 0 Å². The third kappa shape index (κ3) is 4.34. The Morgan fingerprint density at radius 3 is 2.14 bits per heavy atom. The van der Waals surface area contributed by atoms with Gasteiger partial charge in [0.1, 0.15) is 0 Å². The molecule has 0 bridgehead atoms. The van der Waals surface area contributed by atoms with Crippen LogP contribution in [0.4, 0.5) is 17.1 Å². The first kappa shape index (κ1) is 15.6. The molecule has 2 aromatic carbocycles. The van der Waals surface area contributed by atoms with Crippen molar-refractivity contribution in [2.24, 2.45) is 0 Å². The minimum absolute atomic E-state index is 0.0304. The molecular formula is C17H19N3O2. The van der Waals surface area contributed by atoms with Gasteiger partial charge >= 0.3 is 0 Å². The molecule has 0 saturated carbocycles. The largest absolute Gasteiger partial charge is 0.376 e. The summed E-state index contributed by atoms with van der Waals surface area (Å²) in [5.41, 5.74) is 2.41. The van der Waals surface area contributed by atoms with Crippen LogP contribution in [0.5, 0.6) is 0 Å². The molecule has 0 radical (unpaired) electrons. The maximum Gasteiger partial charge on any atom is 0.246 e. The molecule has 0 aliphatic carbocycles. The zero-order chi connectivity index (χ0) is 15.9. The molecule has 0 heterocycles. The van der Waals surface area contributed by atoms with Crippen molar-refractivity contribution in [3.63, 3.8) is 0 Å². The van der Waals surface area contributed by atoms with Crippen molar-refractivity contribution in [1.29, 1.82) is 0 Å². The average molecular weight is 297 g/mol. The predicted molar refractivity (Wildman–Crippen MR) is 89.1 cm³/mol. The lowest BCUT2D eigenvalue weighted by molar-refractivity contribution is -0.116. The zero-order valence-corrected chi connectivity index (χ0v) is 12.7. The van der Waals surface area contributed by atoms with Crippen LogP contribution < -0.4 is 15.5 Å². The summed E-state index contributed by atoms with van der Waals surface area (Å²) in [6, 6.07) is 16.7. The van der Waals surface area contributed by atoms with E-state index in [-0.39, 0.29) is 18.4 Å². The summed E-state index contributed by atoms with van der Waals surface area (Å²) in [5.74, 6) is -0.141. The molecule has 0 aliphatic rings. The number of hydrogen-bond donors (Lipinski definition) is 2. The van der Waals surface area contributed by atoms with Gasteiger partial charge in [-0.15, -0.1) is 0 Å².